The van der Waals surface area contributed by atoms with Crippen LogP contribution in [0.15, 0.2) is 0 Å². The molecule has 1 aliphatic rings. The number of carbonyl (C=O) groups is 1. The van der Waals surface area contributed by atoms with Gasteiger partial charge in [0, 0.05) is 32.1 Å². The average molecular weight is 198 g/mol. The summed E-state index contributed by atoms with van der Waals surface area (Å²) in [5, 5.41) is 3.34. The van der Waals surface area contributed by atoms with Crippen LogP contribution in [0, 0.1) is 0 Å². The molecule has 3 nitrogen and oxygen atoms in total. The summed E-state index contributed by atoms with van der Waals surface area (Å²) in [6.45, 7) is 6.53. The standard InChI is InChI=1S/C11H22N2O/c1-2-3-4-7-13-8-6-12-10-11(13)5-9-14/h9,11-12H,2-8,10H2,1H3. The third-order valence-corrected chi connectivity index (χ3v) is 2.89. The van der Waals surface area contributed by atoms with Crippen LogP contribution < -0.4 is 5.32 Å². The summed E-state index contributed by atoms with van der Waals surface area (Å²) >= 11 is 0. The molecular formula is C11H22N2O. The molecule has 1 rings (SSSR count). The van der Waals surface area contributed by atoms with Gasteiger partial charge in [-0.25, -0.2) is 0 Å². The van der Waals surface area contributed by atoms with E-state index in [9.17, 15) is 4.79 Å². The zero-order valence-electron chi connectivity index (χ0n) is 9.17. The Bertz CT molecular complexity index is 161. The molecule has 0 saturated carbocycles. The van der Waals surface area contributed by atoms with Crippen LogP contribution in [-0.2, 0) is 4.79 Å². The number of rotatable bonds is 6. The first kappa shape index (κ1) is 11.7. The number of hydrogen-bond acceptors (Lipinski definition) is 3. The number of nitrogens with zero attached hydrogens (tertiary/aromatic N) is 1. The first-order chi connectivity index (χ1) is 6.88. The van der Waals surface area contributed by atoms with Gasteiger partial charge >= 0.3 is 0 Å². The van der Waals surface area contributed by atoms with Crippen LogP contribution in [0.2, 0.25) is 0 Å². The van der Waals surface area contributed by atoms with E-state index in [1.165, 1.54) is 19.3 Å². The lowest BCUT2D eigenvalue weighted by molar-refractivity contribution is -0.109. The maximum absolute atomic E-state index is 10.5. The van der Waals surface area contributed by atoms with E-state index >= 15 is 0 Å². The molecule has 1 fully saturated rings. The van der Waals surface area contributed by atoms with Gasteiger partial charge in [0.2, 0.25) is 0 Å². The maximum atomic E-state index is 10.5. The van der Waals surface area contributed by atoms with Gasteiger partial charge in [0.05, 0.1) is 0 Å². The van der Waals surface area contributed by atoms with Crippen LogP contribution >= 0.6 is 0 Å². The molecule has 0 aromatic rings. The molecule has 1 unspecified atom stereocenters. The number of unbranched alkanes of at least 4 members (excludes halogenated alkanes) is 2. The Morgan fingerprint density at radius 2 is 2.36 bits per heavy atom. The van der Waals surface area contributed by atoms with E-state index in [-0.39, 0.29) is 0 Å². The molecule has 0 radical (unpaired) electrons. The van der Waals surface area contributed by atoms with Crippen molar-refractivity contribution in [2.45, 2.75) is 38.6 Å². The summed E-state index contributed by atoms with van der Waals surface area (Å²) in [7, 11) is 0. The van der Waals surface area contributed by atoms with Crippen LogP contribution in [0.5, 0.6) is 0 Å². The minimum absolute atomic E-state index is 0.443. The van der Waals surface area contributed by atoms with Gasteiger partial charge in [-0.1, -0.05) is 19.8 Å². The fourth-order valence-corrected chi connectivity index (χ4v) is 2.01. The number of nitrogens with one attached hydrogen (secondary N) is 1. The van der Waals surface area contributed by atoms with Crippen LogP contribution in [0.25, 0.3) is 0 Å². The largest absolute Gasteiger partial charge is 0.314 e. The van der Waals surface area contributed by atoms with E-state index in [0.29, 0.717) is 12.5 Å². The Morgan fingerprint density at radius 3 is 3.07 bits per heavy atom. The molecule has 1 heterocycles. The van der Waals surface area contributed by atoms with Crippen molar-refractivity contribution in [1.29, 1.82) is 0 Å². The second-order valence-corrected chi connectivity index (χ2v) is 4.00. The molecule has 1 saturated heterocycles. The molecule has 0 spiro atoms. The van der Waals surface area contributed by atoms with Crippen molar-refractivity contribution in [1.82, 2.24) is 10.2 Å². The lowest BCUT2D eigenvalue weighted by atomic mass is 10.1. The van der Waals surface area contributed by atoms with Crippen molar-refractivity contribution in [2.24, 2.45) is 0 Å². The molecule has 14 heavy (non-hydrogen) atoms. The van der Waals surface area contributed by atoms with Gasteiger partial charge < -0.3 is 10.1 Å². The summed E-state index contributed by atoms with van der Waals surface area (Å²) in [6.07, 6.45) is 5.57. The number of carbonyl (C=O) groups excluding carboxylic acids is 1. The first-order valence-electron chi connectivity index (χ1n) is 5.77. The highest BCUT2D eigenvalue weighted by Gasteiger charge is 2.20. The van der Waals surface area contributed by atoms with Crippen molar-refractivity contribution in [3.05, 3.63) is 0 Å². The predicted molar refractivity (Wildman–Crippen MR) is 58.4 cm³/mol. The summed E-state index contributed by atoms with van der Waals surface area (Å²) in [4.78, 5) is 13.0. The minimum atomic E-state index is 0.443. The van der Waals surface area contributed by atoms with Gasteiger partial charge in [-0.05, 0) is 13.0 Å². The van der Waals surface area contributed by atoms with Crippen molar-refractivity contribution >= 4 is 6.29 Å². The Balaban J connectivity index is 2.26. The monoisotopic (exact) mass is 198 g/mol. The normalized spacial score (nSPS) is 23.6. The Hall–Kier alpha value is -0.410. The molecular weight excluding hydrogens is 176 g/mol. The fraction of sp³-hybridized carbons (Fsp3) is 0.909. The third kappa shape index (κ3) is 3.76. The molecule has 1 atom stereocenters. The lowest BCUT2D eigenvalue weighted by Gasteiger charge is -2.35. The molecule has 0 bridgehead atoms. The molecule has 1 N–H and O–H groups in total. The fourth-order valence-electron chi connectivity index (χ4n) is 2.01. The van der Waals surface area contributed by atoms with Gasteiger partial charge in [0.15, 0.2) is 0 Å². The Morgan fingerprint density at radius 1 is 1.50 bits per heavy atom. The maximum Gasteiger partial charge on any atom is 0.121 e. The highest BCUT2D eigenvalue weighted by molar-refractivity contribution is 5.50. The number of hydrogen-bond donors (Lipinski definition) is 1. The van der Waals surface area contributed by atoms with Gasteiger partial charge in [0.1, 0.15) is 6.29 Å². The van der Waals surface area contributed by atoms with Crippen molar-refractivity contribution in [3.63, 3.8) is 0 Å². The second kappa shape index (κ2) is 6.96. The molecule has 3 heteroatoms. The van der Waals surface area contributed by atoms with Crippen LogP contribution in [0.1, 0.15) is 32.6 Å². The lowest BCUT2D eigenvalue weighted by Crippen LogP contribution is -2.51. The Labute approximate surface area is 86.9 Å². The van der Waals surface area contributed by atoms with E-state index in [4.69, 9.17) is 0 Å². The average Bonchev–Trinajstić information content (AvgIpc) is 2.21. The first-order valence-corrected chi connectivity index (χ1v) is 5.77. The highest BCUT2D eigenvalue weighted by atomic mass is 16.1. The zero-order valence-corrected chi connectivity index (χ0v) is 9.17. The van der Waals surface area contributed by atoms with Crippen molar-refractivity contribution in [3.8, 4) is 0 Å². The summed E-state index contributed by atoms with van der Waals surface area (Å²) in [6, 6.07) is 0.443. The number of aldehydes is 1. The van der Waals surface area contributed by atoms with E-state index in [1.807, 2.05) is 0 Å². The number of piperazine rings is 1. The molecule has 82 valence electrons. The van der Waals surface area contributed by atoms with Gasteiger partial charge in [0.25, 0.3) is 0 Å². The van der Waals surface area contributed by atoms with Crippen LogP contribution in [0.4, 0.5) is 0 Å². The van der Waals surface area contributed by atoms with Crippen LogP contribution in [0.3, 0.4) is 0 Å². The second-order valence-electron chi connectivity index (χ2n) is 4.00. The summed E-state index contributed by atoms with van der Waals surface area (Å²) in [5.74, 6) is 0. The molecule has 0 aromatic carbocycles. The van der Waals surface area contributed by atoms with Gasteiger partial charge in [-0.3, -0.25) is 4.90 Å². The zero-order chi connectivity index (χ0) is 10.2. The minimum Gasteiger partial charge on any atom is -0.314 e. The van der Waals surface area contributed by atoms with Crippen LogP contribution in [-0.4, -0.2) is 43.4 Å². The topological polar surface area (TPSA) is 32.3 Å². The van der Waals surface area contributed by atoms with E-state index < -0.39 is 0 Å². The molecule has 0 amide bonds. The van der Waals surface area contributed by atoms with E-state index in [0.717, 1.165) is 32.5 Å². The smallest absolute Gasteiger partial charge is 0.121 e. The molecule has 0 aromatic heterocycles. The third-order valence-electron chi connectivity index (χ3n) is 2.89. The molecule has 1 aliphatic heterocycles. The molecule has 0 aliphatic carbocycles. The van der Waals surface area contributed by atoms with Crippen molar-refractivity contribution in [2.75, 3.05) is 26.2 Å². The van der Waals surface area contributed by atoms with E-state index in [1.54, 1.807) is 0 Å². The summed E-state index contributed by atoms with van der Waals surface area (Å²) < 4.78 is 0. The Kier molecular flexibility index (Phi) is 5.80. The highest BCUT2D eigenvalue weighted by Crippen LogP contribution is 2.08. The van der Waals surface area contributed by atoms with Gasteiger partial charge in [-0.15, -0.1) is 0 Å². The predicted octanol–water partition coefficient (Wildman–Crippen LogP) is 1.04. The van der Waals surface area contributed by atoms with Crippen molar-refractivity contribution < 1.29 is 4.79 Å². The van der Waals surface area contributed by atoms with Gasteiger partial charge in [-0.2, -0.15) is 0 Å². The SMILES string of the molecule is CCCCCN1CCNCC1CC=O. The summed E-state index contributed by atoms with van der Waals surface area (Å²) in [5.41, 5.74) is 0. The quantitative estimate of drug-likeness (QED) is 0.511. The van der Waals surface area contributed by atoms with E-state index in [2.05, 4.69) is 17.1 Å².